The van der Waals surface area contributed by atoms with E-state index in [-0.39, 0.29) is 5.91 Å². The summed E-state index contributed by atoms with van der Waals surface area (Å²) in [6.45, 7) is 9.94. The highest BCUT2D eigenvalue weighted by Gasteiger charge is 2.12. The molecule has 0 bridgehead atoms. The summed E-state index contributed by atoms with van der Waals surface area (Å²) in [6, 6.07) is 16.5. The van der Waals surface area contributed by atoms with Gasteiger partial charge in [0.2, 0.25) is 5.88 Å². The smallest absolute Gasteiger partial charge is 0.255 e. The van der Waals surface area contributed by atoms with E-state index in [0.29, 0.717) is 28.7 Å². The number of rotatable bonds is 5. The summed E-state index contributed by atoms with van der Waals surface area (Å²) in [4.78, 5) is 12.5. The normalized spacial score (nSPS) is 10.8. The van der Waals surface area contributed by atoms with Crippen LogP contribution in [0.4, 0.5) is 5.69 Å². The number of anilines is 1. The fourth-order valence-electron chi connectivity index (χ4n) is 3.42. The standard InChI is InChI=1S/C25H25N5O2/c1-15-6-11-22(16(2)14-15)25(31)26-20-7-9-21(10-8-20)32-24-13-12-23(27-28-24)30-19(5)17(3)18(4)29-30/h6-14H,1-5H3,(H,26,31). The van der Waals surface area contributed by atoms with Crippen molar-refractivity contribution in [1.82, 2.24) is 20.0 Å². The van der Waals surface area contributed by atoms with Gasteiger partial charge in [-0.2, -0.15) is 5.10 Å². The molecule has 0 aliphatic carbocycles. The van der Waals surface area contributed by atoms with Crippen molar-refractivity contribution in [1.29, 1.82) is 0 Å². The molecule has 1 N–H and O–H groups in total. The highest BCUT2D eigenvalue weighted by atomic mass is 16.5. The van der Waals surface area contributed by atoms with Gasteiger partial charge in [-0.3, -0.25) is 4.79 Å². The molecule has 0 unspecified atom stereocenters. The Balaban J connectivity index is 1.42. The summed E-state index contributed by atoms with van der Waals surface area (Å²) in [7, 11) is 0. The summed E-state index contributed by atoms with van der Waals surface area (Å²) in [6.07, 6.45) is 0. The van der Waals surface area contributed by atoms with Gasteiger partial charge in [-0.1, -0.05) is 17.7 Å². The van der Waals surface area contributed by atoms with Crippen LogP contribution in [-0.4, -0.2) is 25.9 Å². The molecule has 0 aliphatic rings. The lowest BCUT2D eigenvalue weighted by Gasteiger charge is -2.10. The van der Waals surface area contributed by atoms with E-state index in [1.54, 1.807) is 35.0 Å². The summed E-state index contributed by atoms with van der Waals surface area (Å²) in [5, 5.41) is 15.8. The van der Waals surface area contributed by atoms with Gasteiger partial charge in [0.1, 0.15) is 5.75 Å². The van der Waals surface area contributed by atoms with Crippen LogP contribution in [0.25, 0.3) is 5.82 Å². The number of carbonyl (C=O) groups is 1. The van der Waals surface area contributed by atoms with Gasteiger partial charge in [-0.05, 0) is 82.1 Å². The van der Waals surface area contributed by atoms with Crippen molar-refractivity contribution < 1.29 is 9.53 Å². The van der Waals surface area contributed by atoms with Crippen LogP contribution < -0.4 is 10.1 Å². The molecule has 0 radical (unpaired) electrons. The lowest BCUT2D eigenvalue weighted by atomic mass is 10.1. The van der Waals surface area contributed by atoms with Crippen molar-refractivity contribution in [3.8, 4) is 17.4 Å². The average molecular weight is 428 g/mol. The number of carbonyl (C=O) groups excluding carboxylic acids is 1. The number of nitrogens with one attached hydrogen (secondary N) is 1. The van der Waals surface area contributed by atoms with Crippen molar-refractivity contribution in [3.63, 3.8) is 0 Å². The Bertz CT molecular complexity index is 1280. The fraction of sp³-hybridized carbons (Fsp3) is 0.200. The first-order valence-electron chi connectivity index (χ1n) is 10.4. The molecule has 7 nitrogen and oxygen atoms in total. The van der Waals surface area contributed by atoms with Gasteiger partial charge in [-0.25, -0.2) is 4.68 Å². The van der Waals surface area contributed by atoms with E-state index >= 15 is 0 Å². The second-order valence-corrected chi connectivity index (χ2v) is 7.84. The Morgan fingerprint density at radius 1 is 0.906 bits per heavy atom. The van der Waals surface area contributed by atoms with Crippen molar-refractivity contribution in [2.45, 2.75) is 34.6 Å². The lowest BCUT2D eigenvalue weighted by Crippen LogP contribution is -2.13. The molecule has 162 valence electrons. The van der Waals surface area contributed by atoms with E-state index in [1.165, 1.54) is 0 Å². The Morgan fingerprint density at radius 2 is 1.66 bits per heavy atom. The van der Waals surface area contributed by atoms with Crippen molar-refractivity contribution in [3.05, 3.63) is 88.2 Å². The second kappa shape index (κ2) is 8.63. The number of amides is 1. The number of nitrogens with zero attached hydrogens (tertiary/aromatic N) is 4. The van der Waals surface area contributed by atoms with Gasteiger partial charge in [0.15, 0.2) is 5.82 Å². The minimum absolute atomic E-state index is 0.142. The Labute approximate surface area is 187 Å². The van der Waals surface area contributed by atoms with Gasteiger partial charge in [0, 0.05) is 23.0 Å². The third-order valence-electron chi connectivity index (χ3n) is 5.46. The van der Waals surface area contributed by atoms with E-state index < -0.39 is 0 Å². The number of benzene rings is 2. The largest absolute Gasteiger partial charge is 0.438 e. The predicted octanol–water partition coefficient (Wildman–Crippen LogP) is 5.25. The maximum Gasteiger partial charge on any atom is 0.255 e. The van der Waals surface area contributed by atoms with Crippen LogP contribution in [0, 0.1) is 34.6 Å². The molecule has 2 aromatic carbocycles. The van der Waals surface area contributed by atoms with Crippen LogP contribution in [-0.2, 0) is 0 Å². The van der Waals surface area contributed by atoms with Gasteiger partial charge in [0.25, 0.3) is 5.91 Å². The quantitative estimate of drug-likeness (QED) is 0.470. The summed E-state index contributed by atoms with van der Waals surface area (Å²) < 4.78 is 7.56. The average Bonchev–Trinajstić information content (AvgIpc) is 3.03. The number of hydrogen-bond donors (Lipinski definition) is 1. The number of aryl methyl sites for hydroxylation is 3. The molecular formula is C25H25N5O2. The lowest BCUT2D eigenvalue weighted by molar-refractivity contribution is 0.102. The molecule has 7 heteroatoms. The zero-order chi connectivity index (χ0) is 22.8. The molecule has 0 saturated carbocycles. The third-order valence-corrected chi connectivity index (χ3v) is 5.46. The van der Waals surface area contributed by atoms with Gasteiger partial charge < -0.3 is 10.1 Å². The summed E-state index contributed by atoms with van der Waals surface area (Å²) >= 11 is 0. The first-order chi connectivity index (χ1) is 15.3. The number of hydrogen-bond acceptors (Lipinski definition) is 5. The van der Waals surface area contributed by atoms with Gasteiger partial charge in [0.05, 0.1) is 5.69 Å². The maximum absolute atomic E-state index is 12.5. The van der Waals surface area contributed by atoms with Gasteiger partial charge in [-0.15, -0.1) is 10.2 Å². The molecule has 1 amide bonds. The minimum Gasteiger partial charge on any atom is -0.438 e. The molecule has 0 fully saturated rings. The van der Waals surface area contributed by atoms with E-state index in [1.807, 2.05) is 58.9 Å². The van der Waals surface area contributed by atoms with E-state index in [0.717, 1.165) is 28.1 Å². The molecule has 2 aromatic heterocycles. The molecule has 0 aliphatic heterocycles. The Morgan fingerprint density at radius 3 is 2.25 bits per heavy atom. The Kier molecular flexibility index (Phi) is 5.73. The zero-order valence-corrected chi connectivity index (χ0v) is 18.8. The monoisotopic (exact) mass is 427 g/mol. The predicted molar refractivity (Wildman–Crippen MR) is 124 cm³/mol. The second-order valence-electron chi connectivity index (χ2n) is 7.84. The highest BCUT2D eigenvalue weighted by molar-refractivity contribution is 6.05. The van der Waals surface area contributed by atoms with Crippen LogP contribution in [0.3, 0.4) is 0 Å². The van der Waals surface area contributed by atoms with E-state index in [9.17, 15) is 4.79 Å². The molecule has 32 heavy (non-hydrogen) atoms. The summed E-state index contributed by atoms with van der Waals surface area (Å²) in [5.74, 6) is 1.46. The van der Waals surface area contributed by atoms with Crippen molar-refractivity contribution in [2.75, 3.05) is 5.32 Å². The first-order valence-corrected chi connectivity index (χ1v) is 10.4. The van der Waals surface area contributed by atoms with Crippen LogP contribution in [0.15, 0.2) is 54.6 Å². The Hall–Kier alpha value is -4.00. The minimum atomic E-state index is -0.142. The zero-order valence-electron chi connectivity index (χ0n) is 18.8. The maximum atomic E-state index is 12.5. The molecule has 2 heterocycles. The topological polar surface area (TPSA) is 81.9 Å². The van der Waals surface area contributed by atoms with Crippen LogP contribution in [0.5, 0.6) is 11.6 Å². The molecule has 0 atom stereocenters. The number of ether oxygens (including phenoxy) is 1. The molecule has 4 rings (SSSR count). The third kappa shape index (κ3) is 4.37. The van der Waals surface area contributed by atoms with Crippen LogP contribution >= 0.6 is 0 Å². The molecule has 0 spiro atoms. The molecule has 0 saturated heterocycles. The highest BCUT2D eigenvalue weighted by Crippen LogP contribution is 2.23. The van der Waals surface area contributed by atoms with Crippen molar-refractivity contribution >= 4 is 11.6 Å². The summed E-state index contributed by atoms with van der Waals surface area (Å²) in [5.41, 5.74) is 6.55. The van der Waals surface area contributed by atoms with E-state index in [4.69, 9.17) is 4.74 Å². The van der Waals surface area contributed by atoms with E-state index in [2.05, 4.69) is 20.6 Å². The first kappa shape index (κ1) is 21.2. The molecule has 4 aromatic rings. The van der Waals surface area contributed by atoms with Crippen molar-refractivity contribution in [2.24, 2.45) is 0 Å². The van der Waals surface area contributed by atoms with Crippen LogP contribution in [0.1, 0.15) is 38.4 Å². The molecular weight excluding hydrogens is 402 g/mol. The number of aromatic nitrogens is 4. The van der Waals surface area contributed by atoms with Gasteiger partial charge >= 0.3 is 0 Å². The van der Waals surface area contributed by atoms with Crippen LogP contribution in [0.2, 0.25) is 0 Å². The SMILES string of the molecule is Cc1ccc(C(=O)Nc2ccc(Oc3ccc(-n4nc(C)c(C)c4C)nn3)cc2)c(C)c1. The fourth-order valence-corrected chi connectivity index (χ4v) is 3.42.